The molecule has 2 heterocycles. The minimum atomic E-state index is -0.390. The number of hydrogen-bond acceptors (Lipinski definition) is 3. The molecule has 16 heavy (non-hydrogen) atoms. The van der Waals surface area contributed by atoms with E-state index in [1.807, 2.05) is 11.4 Å². The van der Waals surface area contributed by atoms with Gasteiger partial charge in [-0.1, -0.05) is 20.3 Å². The van der Waals surface area contributed by atoms with Crippen molar-refractivity contribution in [2.75, 3.05) is 0 Å². The van der Waals surface area contributed by atoms with E-state index in [-0.39, 0.29) is 6.10 Å². The maximum atomic E-state index is 10.2. The van der Waals surface area contributed by atoms with Crippen molar-refractivity contribution in [3.8, 4) is 0 Å². The summed E-state index contributed by atoms with van der Waals surface area (Å²) in [7, 11) is 0. The number of nitrogens with zero attached hydrogens (tertiary/aromatic N) is 1. The molecule has 2 atom stereocenters. The molecule has 0 aliphatic heterocycles. The van der Waals surface area contributed by atoms with E-state index in [9.17, 15) is 5.11 Å². The van der Waals surface area contributed by atoms with E-state index in [4.69, 9.17) is 0 Å². The largest absolute Gasteiger partial charge is 0.388 e. The van der Waals surface area contributed by atoms with Crippen LogP contribution in [0.4, 0.5) is 0 Å². The predicted octanol–water partition coefficient (Wildman–Crippen LogP) is 3.77. The van der Waals surface area contributed by atoms with Crippen LogP contribution >= 0.6 is 11.3 Å². The molecule has 2 unspecified atom stereocenters. The molecular weight excluding hydrogens is 218 g/mol. The van der Waals surface area contributed by atoms with Gasteiger partial charge in [0.1, 0.15) is 0 Å². The van der Waals surface area contributed by atoms with Gasteiger partial charge in [0.05, 0.1) is 16.3 Å². The van der Waals surface area contributed by atoms with Crippen molar-refractivity contribution in [1.29, 1.82) is 0 Å². The molecule has 0 amide bonds. The maximum Gasteiger partial charge on any atom is 0.0830 e. The van der Waals surface area contributed by atoms with Crippen molar-refractivity contribution < 1.29 is 5.11 Å². The van der Waals surface area contributed by atoms with Crippen LogP contribution in [-0.2, 0) is 0 Å². The minimum absolute atomic E-state index is 0.296. The van der Waals surface area contributed by atoms with Gasteiger partial charge in [-0.2, -0.15) is 0 Å². The molecule has 3 heteroatoms. The van der Waals surface area contributed by atoms with Gasteiger partial charge in [0.2, 0.25) is 0 Å². The molecule has 2 rings (SSSR count). The highest BCUT2D eigenvalue weighted by atomic mass is 32.1. The zero-order chi connectivity index (χ0) is 11.5. The van der Waals surface area contributed by atoms with Gasteiger partial charge in [-0.3, -0.25) is 4.98 Å². The van der Waals surface area contributed by atoms with Crippen molar-refractivity contribution >= 4 is 21.6 Å². The molecule has 0 spiro atoms. The topological polar surface area (TPSA) is 33.1 Å². The number of pyridine rings is 1. The first kappa shape index (κ1) is 11.6. The quantitative estimate of drug-likeness (QED) is 0.875. The van der Waals surface area contributed by atoms with Gasteiger partial charge in [0.25, 0.3) is 0 Å². The first-order chi connectivity index (χ1) is 7.72. The van der Waals surface area contributed by atoms with E-state index >= 15 is 0 Å². The van der Waals surface area contributed by atoms with Gasteiger partial charge in [0.15, 0.2) is 0 Å². The third-order valence-corrected chi connectivity index (χ3v) is 3.80. The molecule has 0 saturated heterocycles. The third kappa shape index (κ3) is 2.25. The summed E-state index contributed by atoms with van der Waals surface area (Å²) in [6.07, 6.45) is 3.56. The number of aliphatic hydroxyl groups is 1. The second-order valence-corrected chi connectivity index (χ2v) is 5.23. The summed E-state index contributed by atoms with van der Waals surface area (Å²) in [6.45, 7) is 4.23. The predicted molar refractivity (Wildman–Crippen MR) is 68.7 cm³/mol. The van der Waals surface area contributed by atoms with Crippen molar-refractivity contribution in [2.24, 2.45) is 5.92 Å². The SMILES string of the molecule is CCCC(C)C(O)c1cnc2ccsc2c1. The van der Waals surface area contributed by atoms with Gasteiger partial charge in [-0.25, -0.2) is 0 Å². The lowest BCUT2D eigenvalue weighted by Crippen LogP contribution is -2.09. The van der Waals surface area contributed by atoms with E-state index in [0.29, 0.717) is 5.92 Å². The van der Waals surface area contributed by atoms with Crippen molar-refractivity contribution in [2.45, 2.75) is 32.8 Å². The van der Waals surface area contributed by atoms with Crippen LogP contribution in [0.2, 0.25) is 0 Å². The standard InChI is InChI=1S/C13H17NOS/c1-3-4-9(2)13(15)10-7-12-11(14-8-10)5-6-16-12/h5-9,13,15H,3-4H2,1-2H3. The van der Waals surface area contributed by atoms with Crippen LogP contribution in [0.25, 0.3) is 10.2 Å². The fourth-order valence-electron chi connectivity index (χ4n) is 1.97. The summed E-state index contributed by atoms with van der Waals surface area (Å²) in [5.41, 5.74) is 1.96. The summed E-state index contributed by atoms with van der Waals surface area (Å²) in [5, 5.41) is 12.2. The zero-order valence-corrected chi connectivity index (χ0v) is 10.5. The Balaban J connectivity index is 2.24. The second kappa shape index (κ2) is 4.93. The molecule has 0 fully saturated rings. The van der Waals surface area contributed by atoms with Gasteiger partial charge in [0, 0.05) is 11.8 Å². The molecule has 0 saturated carbocycles. The highest BCUT2D eigenvalue weighted by molar-refractivity contribution is 7.17. The normalized spacial score (nSPS) is 15.2. The summed E-state index contributed by atoms with van der Waals surface area (Å²) in [4.78, 5) is 4.36. The van der Waals surface area contributed by atoms with Crippen LogP contribution in [0.15, 0.2) is 23.7 Å². The fourth-order valence-corrected chi connectivity index (χ4v) is 2.75. The lowest BCUT2D eigenvalue weighted by atomic mass is 9.94. The molecule has 0 bridgehead atoms. The van der Waals surface area contributed by atoms with Crippen LogP contribution in [0.1, 0.15) is 38.4 Å². The maximum absolute atomic E-state index is 10.2. The first-order valence-electron chi connectivity index (χ1n) is 5.73. The first-order valence-corrected chi connectivity index (χ1v) is 6.61. The minimum Gasteiger partial charge on any atom is -0.388 e. The smallest absolute Gasteiger partial charge is 0.0830 e. The average Bonchev–Trinajstić information content (AvgIpc) is 2.75. The molecule has 1 N–H and O–H groups in total. The van der Waals surface area contributed by atoms with E-state index in [1.165, 1.54) is 0 Å². The Labute approximate surface area is 100.0 Å². The molecule has 86 valence electrons. The van der Waals surface area contributed by atoms with Gasteiger partial charge >= 0.3 is 0 Å². The summed E-state index contributed by atoms with van der Waals surface area (Å²) in [6, 6.07) is 4.06. The number of fused-ring (bicyclic) bond motifs is 1. The summed E-state index contributed by atoms with van der Waals surface area (Å²) in [5.74, 6) is 0.296. The van der Waals surface area contributed by atoms with E-state index in [0.717, 1.165) is 28.6 Å². The molecule has 2 nitrogen and oxygen atoms in total. The molecule has 0 aliphatic rings. The monoisotopic (exact) mass is 235 g/mol. The van der Waals surface area contributed by atoms with Crippen LogP contribution in [0.5, 0.6) is 0 Å². The van der Waals surface area contributed by atoms with Crippen LogP contribution in [0.3, 0.4) is 0 Å². The fraction of sp³-hybridized carbons (Fsp3) is 0.462. The molecule has 0 radical (unpaired) electrons. The third-order valence-electron chi connectivity index (χ3n) is 2.95. The lowest BCUT2D eigenvalue weighted by Gasteiger charge is -2.18. The van der Waals surface area contributed by atoms with Gasteiger partial charge in [-0.05, 0) is 29.9 Å². The van der Waals surface area contributed by atoms with Gasteiger partial charge < -0.3 is 5.11 Å². The van der Waals surface area contributed by atoms with E-state index in [1.54, 1.807) is 17.5 Å². The lowest BCUT2D eigenvalue weighted by molar-refractivity contribution is 0.112. The van der Waals surface area contributed by atoms with E-state index in [2.05, 4.69) is 24.9 Å². The summed E-state index contributed by atoms with van der Waals surface area (Å²) < 4.78 is 1.15. The Morgan fingerprint density at radius 2 is 2.31 bits per heavy atom. The highest BCUT2D eigenvalue weighted by Crippen LogP contribution is 2.28. The van der Waals surface area contributed by atoms with E-state index < -0.39 is 0 Å². The number of aliphatic hydroxyl groups excluding tert-OH is 1. The zero-order valence-electron chi connectivity index (χ0n) is 9.68. The summed E-state index contributed by atoms with van der Waals surface area (Å²) >= 11 is 1.67. The van der Waals surface area contributed by atoms with Crippen molar-refractivity contribution in [3.63, 3.8) is 0 Å². The van der Waals surface area contributed by atoms with Crippen LogP contribution in [-0.4, -0.2) is 10.1 Å². The van der Waals surface area contributed by atoms with Crippen molar-refractivity contribution in [3.05, 3.63) is 29.3 Å². The molecular formula is C13H17NOS. The van der Waals surface area contributed by atoms with Crippen LogP contribution in [0, 0.1) is 5.92 Å². The Kier molecular flexibility index (Phi) is 3.56. The number of hydrogen-bond donors (Lipinski definition) is 1. The number of rotatable bonds is 4. The average molecular weight is 235 g/mol. The van der Waals surface area contributed by atoms with Crippen LogP contribution < -0.4 is 0 Å². The Bertz CT molecular complexity index is 466. The number of thiophene rings is 1. The number of aromatic nitrogens is 1. The molecule has 0 aliphatic carbocycles. The Morgan fingerprint density at radius 1 is 1.50 bits per heavy atom. The Hall–Kier alpha value is -0.930. The molecule has 0 aromatic carbocycles. The second-order valence-electron chi connectivity index (χ2n) is 4.28. The van der Waals surface area contributed by atoms with Crippen molar-refractivity contribution in [1.82, 2.24) is 4.98 Å². The molecule has 2 aromatic heterocycles. The molecule has 2 aromatic rings. The van der Waals surface area contributed by atoms with Gasteiger partial charge in [-0.15, -0.1) is 11.3 Å². The highest BCUT2D eigenvalue weighted by Gasteiger charge is 2.16. The Morgan fingerprint density at radius 3 is 3.06 bits per heavy atom.